The van der Waals surface area contributed by atoms with Gasteiger partial charge in [-0.25, -0.2) is 0 Å². The molecule has 0 saturated heterocycles. The minimum atomic E-state index is 0.672. The van der Waals surface area contributed by atoms with Crippen molar-refractivity contribution in [2.75, 3.05) is 0 Å². The molecule has 0 N–H and O–H groups in total. The highest BCUT2D eigenvalue weighted by Gasteiger charge is 1.92. The Bertz CT molecular complexity index is 288. The number of aromatic nitrogens is 1. The van der Waals surface area contributed by atoms with Crippen molar-refractivity contribution in [3.63, 3.8) is 0 Å². The Morgan fingerprint density at radius 1 is 1.42 bits per heavy atom. The number of hydrogen-bond donors (Lipinski definition) is 0. The monoisotopic (exact) mass is 180 g/mol. The van der Waals surface area contributed by atoms with Crippen molar-refractivity contribution in [2.24, 2.45) is 0 Å². The molecule has 0 aromatic carbocycles. The zero-order chi connectivity index (χ0) is 8.97. The highest BCUT2D eigenvalue weighted by molar-refractivity contribution is 6.30. The average Bonchev–Trinajstić information content (AvgIpc) is 2.01. The minimum absolute atomic E-state index is 0.672. The summed E-state index contributed by atoms with van der Waals surface area (Å²) in [6, 6.07) is 1.88. The van der Waals surface area contributed by atoms with Gasteiger partial charge in [0.05, 0.1) is 5.02 Å². The van der Waals surface area contributed by atoms with E-state index in [0.29, 0.717) is 5.02 Å². The molecule has 1 aromatic heterocycles. The SMILES string of the molecule is CC(C)=C[CH]c1cncc(Cl)c1. The minimum Gasteiger partial charge on any atom is -0.263 e. The summed E-state index contributed by atoms with van der Waals surface area (Å²) in [6.45, 7) is 4.10. The molecule has 1 heterocycles. The van der Waals surface area contributed by atoms with Gasteiger partial charge < -0.3 is 0 Å². The first kappa shape index (κ1) is 9.27. The van der Waals surface area contributed by atoms with Gasteiger partial charge in [-0.15, -0.1) is 0 Å². The van der Waals surface area contributed by atoms with Gasteiger partial charge in [0.2, 0.25) is 0 Å². The van der Waals surface area contributed by atoms with Crippen molar-refractivity contribution in [2.45, 2.75) is 13.8 Å². The second-order valence-corrected chi connectivity index (χ2v) is 3.28. The van der Waals surface area contributed by atoms with Gasteiger partial charge in [0, 0.05) is 18.8 Å². The van der Waals surface area contributed by atoms with E-state index in [1.165, 1.54) is 5.57 Å². The molecule has 1 nitrogen and oxygen atoms in total. The van der Waals surface area contributed by atoms with Crippen molar-refractivity contribution < 1.29 is 0 Å². The third kappa shape index (κ3) is 3.05. The molecule has 0 saturated carbocycles. The fourth-order valence-corrected chi connectivity index (χ4v) is 0.965. The van der Waals surface area contributed by atoms with E-state index < -0.39 is 0 Å². The maximum absolute atomic E-state index is 5.76. The van der Waals surface area contributed by atoms with Crippen LogP contribution in [0.15, 0.2) is 30.1 Å². The lowest BCUT2D eigenvalue weighted by Crippen LogP contribution is -1.81. The first-order valence-electron chi connectivity index (χ1n) is 3.77. The largest absolute Gasteiger partial charge is 0.263 e. The summed E-state index contributed by atoms with van der Waals surface area (Å²) in [6.07, 6.45) is 7.44. The van der Waals surface area contributed by atoms with Gasteiger partial charge in [0.15, 0.2) is 0 Å². The lowest BCUT2D eigenvalue weighted by Gasteiger charge is -1.95. The van der Waals surface area contributed by atoms with Crippen LogP contribution in [0.1, 0.15) is 19.4 Å². The van der Waals surface area contributed by atoms with E-state index in [9.17, 15) is 0 Å². The number of hydrogen-bond acceptors (Lipinski definition) is 1. The number of rotatable bonds is 2. The zero-order valence-electron chi connectivity index (χ0n) is 7.21. The molecule has 1 rings (SSSR count). The van der Waals surface area contributed by atoms with Crippen LogP contribution >= 0.6 is 11.6 Å². The Kier molecular flexibility index (Phi) is 3.30. The summed E-state index contributed by atoms with van der Waals surface area (Å²) in [5.41, 5.74) is 2.29. The first-order valence-corrected chi connectivity index (χ1v) is 4.15. The summed E-state index contributed by atoms with van der Waals surface area (Å²) in [5, 5.41) is 0.672. The molecule has 0 aliphatic heterocycles. The van der Waals surface area contributed by atoms with Crippen LogP contribution in [0.4, 0.5) is 0 Å². The summed E-state index contributed by atoms with van der Waals surface area (Å²) in [7, 11) is 0. The molecule has 1 radical (unpaired) electrons. The van der Waals surface area contributed by atoms with Gasteiger partial charge in [-0.3, -0.25) is 4.98 Å². The van der Waals surface area contributed by atoms with E-state index in [1.54, 1.807) is 12.4 Å². The van der Waals surface area contributed by atoms with Crippen molar-refractivity contribution >= 4 is 11.6 Å². The molecular weight excluding hydrogens is 170 g/mol. The summed E-state index contributed by atoms with van der Waals surface area (Å²) < 4.78 is 0. The summed E-state index contributed by atoms with van der Waals surface area (Å²) >= 11 is 5.76. The molecule has 0 atom stereocenters. The fourth-order valence-electron chi connectivity index (χ4n) is 0.782. The van der Waals surface area contributed by atoms with Gasteiger partial charge in [-0.1, -0.05) is 23.3 Å². The highest BCUT2D eigenvalue weighted by atomic mass is 35.5. The summed E-state index contributed by atoms with van der Waals surface area (Å²) in [4.78, 5) is 3.97. The van der Waals surface area contributed by atoms with Crippen LogP contribution in [0, 0.1) is 6.42 Å². The molecule has 0 bridgehead atoms. The van der Waals surface area contributed by atoms with Crippen LogP contribution < -0.4 is 0 Å². The third-order valence-corrected chi connectivity index (χ3v) is 1.54. The van der Waals surface area contributed by atoms with Gasteiger partial charge in [-0.2, -0.15) is 0 Å². The number of halogens is 1. The van der Waals surface area contributed by atoms with E-state index in [1.807, 2.05) is 18.6 Å². The normalized spacial score (nSPS) is 9.58. The lowest BCUT2D eigenvalue weighted by molar-refractivity contribution is 1.28. The highest BCUT2D eigenvalue weighted by Crippen LogP contribution is 2.10. The van der Waals surface area contributed by atoms with Gasteiger partial charge in [-0.05, 0) is 25.5 Å². The zero-order valence-corrected chi connectivity index (χ0v) is 7.97. The number of nitrogens with zero attached hydrogens (tertiary/aromatic N) is 1. The Morgan fingerprint density at radius 3 is 2.75 bits per heavy atom. The number of allylic oxidation sites excluding steroid dienone is 2. The predicted molar refractivity (Wildman–Crippen MR) is 52.1 cm³/mol. The van der Waals surface area contributed by atoms with E-state index in [0.717, 1.165) is 5.56 Å². The molecular formula is C10H11ClN. The molecule has 0 aliphatic rings. The van der Waals surface area contributed by atoms with Crippen LogP contribution in [-0.2, 0) is 0 Å². The Balaban J connectivity index is 2.70. The standard InChI is InChI=1S/C10H11ClN/c1-8(2)3-4-9-5-10(11)7-12-6-9/h3-7H,1-2H3. The van der Waals surface area contributed by atoms with E-state index in [2.05, 4.69) is 18.8 Å². The molecule has 2 heteroatoms. The van der Waals surface area contributed by atoms with Gasteiger partial charge in [0.1, 0.15) is 0 Å². The van der Waals surface area contributed by atoms with Gasteiger partial charge in [0.25, 0.3) is 0 Å². The predicted octanol–water partition coefficient (Wildman–Crippen LogP) is 3.25. The molecule has 12 heavy (non-hydrogen) atoms. The Labute approximate surface area is 78.1 Å². The molecule has 0 aliphatic carbocycles. The molecule has 0 unspecified atom stereocenters. The van der Waals surface area contributed by atoms with E-state index >= 15 is 0 Å². The summed E-state index contributed by atoms with van der Waals surface area (Å²) in [5.74, 6) is 0. The first-order chi connectivity index (χ1) is 5.68. The van der Waals surface area contributed by atoms with Crippen molar-refractivity contribution in [1.82, 2.24) is 4.98 Å². The average molecular weight is 181 g/mol. The molecule has 63 valence electrons. The fraction of sp³-hybridized carbons (Fsp3) is 0.200. The molecule has 0 amide bonds. The second-order valence-electron chi connectivity index (χ2n) is 2.85. The van der Waals surface area contributed by atoms with Crippen LogP contribution in [0.5, 0.6) is 0 Å². The maximum atomic E-state index is 5.76. The Hall–Kier alpha value is -0.820. The quantitative estimate of drug-likeness (QED) is 0.681. The van der Waals surface area contributed by atoms with Crippen LogP contribution in [0.2, 0.25) is 5.02 Å². The Morgan fingerprint density at radius 2 is 2.17 bits per heavy atom. The van der Waals surface area contributed by atoms with E-state index in [4.69, 9.17) is 11.6 Å². The van der Waals surface area contributed by atoms with Crippen LogP contribution in [0.3, 0.4) is 0 Å². The smallest absolute Gasteiger partial charge is 0.0592 e. The molecule has 1 aromatic rings. The van der Waals surface area contributed by atoms with E-state index in [-0.39, 0.29) is 0 Å². The van der Waals surface area contributed by atoms with Crippen LogP contribution in [-0.4, -0.2) is 4.98 Å². The molecule has 0 spiro atoms. The van der Waals surface area contributed by atoms with Gasteiger partial charge >= 0.3 is 0 Å². The molecule has 0 fully saturated rings. The van der Waals surface area contributed by atoms with Crippen molar-refractivity contribution in [3.05, 3.63) is 47.1 Å². The van der Waals surface area contributed by atoms with Crippen LogP contribution in [0.25, 0.3) is 0 Å². The van der Waals surface area contributed by atoms with Crippen molar-refractivity contribution in [3.8, 4) is 0 Å². The van der Waals surface area contributed by atoms with Crippen molar-refractivity contribution in [1.29, 1.82) is 0 Å². The number of pyridine rings is 1. The lowest BCUT2D eigenvalue weighted by atomic mass is 10.2. The maximum Gasteiger partial charge on any atom is 0.0592 e. The topological polar surface area (TPSA) is 12.9 Å². The second kappa shape index (κ2) is 4.27. The third-order valence-electron chi connectivity index (χ3n) is 1.34.